The Morgan fingerprint density at radius 2 is 1.68 bits per heavy atom. The second kappa shape index (κ2) is 8.29. The molecule has 0 atom stereocenters. The van der Waals surface area contributed by atoms with Crippen molar-refractivity contribution in [1.29, 1.82) is 0 Å². The summed E-state index contributed by atoms with van der Waals surface area (Å²) in [5.74, 6) is 0.283. The van der Waals surface area contributed by atoms with E-state index in [-0.39, 0.29) is 11.6 Å². The smallest absolute Gasteiger partial charge is 0.234 e. The maximum atomic E-state index is 12.4. The lowest BCUT2D eigenvalue weighted by molar-refractivity contribution is -0.113. The van der Waals surface area contributed by atoms with E-state index >= 15 is 0 Å². The van der Waals surface area contributed by atoms with Gasteiger partial charge in [-0.05, 0) is 19.2 Å². The molecule has 6 heteroatoms. The quantitative estimate of drug-likeness (QED) is 0.863. The summed E-state index contributed by atoms with van der Waals surface area (Å²) in [5.41, 5.74) is 2.43. The summed E-state index contributed by atoms with van der Waals surface area (Å²) >= 11 is 1.48. The molecule has 1 saturated heterocycles. The topological polar surface area (TPSA) is 57.1 Å². The van der Waals surface area contributed by atoms with E-state index in [9.17, 15) is 4.79 Å². The van der Waals surface area contributed by atoms with E-state index < -0.39 is 0 Å². The fraction of sp³-hybridized carbons (Fsp3) is 0.318. The van der Waals surface area contributed by atoms with E-state index in [1.807, 2.05) is 48.5 Å². The zero-order valence-electron chi connectivity index (χ0n) is 16.0. The van der Waals surface area contributed by atoms with Crippen LogP contribution in [0.4, 0.5) is 5.69 Å². The van der Waals surface area contributed by atoms with Gasteiger partial charge in [0.05, 0.1) is 11.5 Å². The fourth-order valence-electron chi connectivity index (χ4n) is 3.46. The highest BCUT2D eigenvalue weighted by atomic mass is 32.2. The molecule has 28 heavy (non-hydrogen) atoms. The molecule has 2 aliphatic heterocycles. The highest BCUT2D eigenvalue weighted by Gasteiger charge is 2.39. The van der Waals surface area contributed by atoms with Gasteiger partial charge in [-0.1, -0.05) is 60.3 Å². The molecule has 2 aliphatic rings. The van der Waals surface area contributed by atoms with Crippen molar-refractivity contribution >= 4 is 34.1 Å². The van der Waals surface area contributed by atoms with Crippen molar-refractivity contribution in [1.82, 2.24) is 4.90 Å². The molecule has 0 unspecified atom stereocenters. The summed E-state index contributed by atoms with van der Waals surface area (Å²) < 4.78 is 0. The monoisotopic (exact) mass is 392 g/mol. The van der Waals surface area contributed by atoms with E-state index in [1.165, 1.54) is 11.8 Å². The summed E-state index contributed by atoms with van der Waals surface area (Å²) in [6, 6.07) is 19.7. The first-order chi connectivity index (χ1) is 13.6. The molecular formula is C22H24N4OS. The molecule has 1 N–H and O–H groups in total. The summed E-state index contributed by atoms with van der Waals surface area (Å²) in [5, 5.41) is 3.81. The summed E-state index contributed by atoms with van der Waals surface area (Å²) in [6.45, 7) is 1.98. The number of piperidine rings is 1. The number of para-hydroxylation sites is 1. The van der Waals surface area contributed by atoms with E-state index in [4.69, 9.17) is 9.98 Å². The van der Waals surface area contributed by atoms with Crippen molar-refractivity contribution in [3.8, 4) is 0 Å². The van der Waals surface area contributed by atoms with Crippen LogP contribution in [0.1, 0.15) is 18.4 Å². The number of amides is 1. The predicted octanol–water partition coefficient (Wildman–Crippen LogP) is 3.68. The van der Waals surface area contributed by atoms with Crippen LogP contribution in [-0.2, 0) is 4.79 Å². The molecule has 2 heterocycles. The van der Waals surface area contributed by atoms with Crippen LogP contribution >= 0.6 is 11.8 Å². The molecule has 0 bridgehead atoms. The zero-order valence-corrected chi connectivity index (χ0v) is 16.8. The lowest BCUT2D eigenvalue weighted by atomic mass is 9.99. The number of carbonyl (C=O) groups excluding carboxylic acids is 1. The van der Waals surface area contributed by atoms with E-state index in [1.54, 1.807) is 0 Å². The van der Waals surface area contributed by atoms with E-state index in [2.05, 4.69) is 29.4 Å². The molecule has 2 aromatic rings. The summed E-state index contributed by atoms with van der Waals surface area (Å²) in [7, 11) is 2.14. The van der Waals surface area contributed by atoms with Crippen molar-refractivity contribution in [3.05, 3.63) is 66.2 Å². The van der Waals surface area contributed by atoms with Crippen LogP contribution in [0, 0.1) is 0 Å². The predicted molar refractivity (Wildman–Crippen MR) is 117 cm³/mol. The lowest BCUT2D eigenvalue weighted by Crippen LogP contribution is -2.39. The lowest BCUT2D eigenvalue weighted by Gasteiger charge is -2.33. The normalized spacial score (nSPS) is 18.6. The molecule has 0 aliphatic carbocycles. The minimum absolute atomic E-state index is 0.0318. The van der Waals surface area contributed by atoms with Gasteiger partial charge >= 0.3 is 0 Å². The van der Waals surface area contributed by atoms with Crippen molar-refractivity contribution in [2.24, 2.45) is 9.98 Å². The molecule has 0 radical (unpaired) electrons. The maximum absolute atomic E-state index is 12.4. The Morgan fingerprint density at radius 1 is 1.04 bits per heavy atom. The second-order valence-electron chi connectivity index (χ2n) is 7.23. The summed E-state index contributed by atoms with van der Waals surface area (Å²) in [4.78, 5) is 24.8. The Labute approximate surface area is 170 Å². The number of likely N-dealkylation sites (tertiary alicyclic amines) is 1. The number of carbonyl (C=O) groups is 1. The number of benzene rings is 2. The molecule has 0 saturated carbocycles. The first kappa shape index (κ1) is 18.9. The molecule has 1 amide bonds. The van der Waals surface area contributed by atoms with Gasteiger partial charge in [-0.25, -0.2) is 4.99 Å². The minimum Gasteiger partial charge on any atom is -0.325 e. The van der Waals surface area contributed by atoms with Gasteiger partial charge in [0, 0.05) is 37.2 Å². The highest BCUT2D eigenvalue weighted by Crippen LogP contribution is 2.35. The number of thioether (sulfide) groups is 1. The SMILES string of the molecule is CN1CCC2(CC1)N=C(SCC(=O)Nc1ccccc1)C(c1ccccc1)=N2. The first-order valence-corrected chi connectivity index (χ1v) is 10.5. The second-order valence-corrected chi connectivity index (χ2v) is 8.20. The van der Waals surface area contributed by atoms with Gasteiger partial charge in [-0.3, -0.25) is 9.79 Å². The van der Waals surface area contributed by atoms with Crippen LogP contribution < -0.4 is 5.32 Å². The van der Waals surface area contributed by atoms with Crippen LogP contribution in [0.25, 0.3) is 0 Å². The van der Waals surface area contributed by atoms with Gasteiger partial charge in [0.1, 0.15) is 5.04 Å². The Hall–Kier alpha value is -2.44. The Morgan fingerprint density at radius 3 is 2.36 bits per heavy atom. The van der Waals surface area contributed by atoms with Crippen molar-refractivity contribution < 1.29 is 4.79 Å². The number of nitrogens with one attached hydrogen (secondary N) is 1. The van der Waals surface area contributed by atoms with Gasteiger partial charge in [0.2, 0.25) is 5.91 Å². The number of rotatable bonds is 4. The van der Waals surface area contributed by atoms with Crippen LogP contribution in [0.5, 0.6) is 0 Å². The Balaban J connectivity index is 1.50. The number of aliphatic imine (C=N–C) groups is 2. The number of nitrogens with zero attached hydrogens (tertiary/aromatic N) is 3. The largest absolute Gasteiger partial charge is 0.325 e. The third-order valence-electron chi connectivity index (χ3n) is 5.06. The fourth-order valence-corrected chi connectivity index (χ4v) is 4.33. The third-order valence-corrected chi connectivity index (χ3v) is 6.03. The molecule has 5 nitrogen and oxygen atoms in total. The number of hydrogen-bond acceptors (Lipinski definition) is 5. The molecular weight excluding hydrogens is 368 g/mol. The molecule has 2 aromatic carbocycles. The van der Waals surface area contributed by atoms with Crippen LogP contribution in [0.2, 0.25) is 0 Å². The van der Waals surface area contributed by atoms with Crippen LogP contribution in [-0.4, -0.2) is 53.1 Å². The average Bonchev–Trinajstić information content (AvgIpc) is 3.09. The average molecular weight is 393 g/mol. The zero-order chi connectivity index (χ0) is 19.4. The number of anilines is 1. The molecule has 144 valence electrons. The minimum atomic E-state index is -0.365. The van der Waals surface area contributed by atoms with Crippen molar-refractivity contribution in [2.45, 2.75) is 18.5 Å². The van der Waals surface area contributed by atoms with Crippen molar-refractivity contribution in [2.75, 3.05) is 31.2 Å². The Kier molecular flexibility index (Phi) is 5.59. The van der Waals surface area contributed by atoms with Crippen LogP contribution in [0.15, 0.2) is 70.6 Å². The van der Waals surface area contributed by atoms with Gasteiger partial charge in [-0.2, -0.15) is 0 Å². The molecule has 1 spiro atoms. The van der Waals surface area contributed by atoms with E-state index in [0.717, 1.165) is 47.9 Å². The van der Waals surface area contributed by atoms with Crippen LogP contribution in [0.3, 0.4) is 0 Å². The first-order valence-electron chi connectivity index (χ1n) is 9.55. The van der Waals surface area contributed by atoms with Gasteiger partial charge < -0.3 is 10.2 Å². The Bertz CT molecular complexity index is 887. The third kappa shape index (κ3) is 4.34. The summed E-state index contributed by atoms with van der Waals surface area (Å²) in [6.07, 6.45) is 1.83. The number of hydrogen-bond donors (Lipinski definition) is 1. The molecule has 0 aromatic heterocycles. The standard InChI is InChI=1S/C22H24N4OS/c1-26-14-12-22(13-15-26)24-20(17-8-4-2-5-9-17)21(25-22)28-16-19(27)23-18-10-6-3-7-11-18/h2-11H,12-16H2,1H3,(H,23,27). The maximum Gasteiger partial charge on any atom is 0.234 e. The van der Waals surface area contributed by atoms with Gasteiger partial charge in [-0.15, -0.1) is 0 Å². The van der Waals surface area contributed by atoms with Gasteiger partial charge in [0.25, 0.3) is 0 Å². The molecule has 4 rings (SSSR count). The van der Waals surface area contributed by atoms with E-state index in [0.29, 0.717) is 5.75 Å². The molecule has 1 fully saturated rings. The van der Waals surface area contributed by atoms with Crippen molar-refractivity contribution in [3.63, 3.8) is 0 Å². The van der Waals surface area contributed by atoms with Gasteiger partial charge in [0.15, 0.2) is 5.66 Å². The highest BCUT2D eigenvalue weighted by molar-refractivity contribution is 8.16.